The molecular formula is C18H24ClN5. The Balaban J connectivity index is 1.57. The number of rotatable bonds is 6. The molecule has 1 aromatic heterocycles. The van der Waals surface area contributed by atoms with Gasteiger partial charge in [0.15, 0.2) is 0 Å². The van der Waals surface area contributed by atoms with Crippen LogP contribution in [0.1, 0.15) is 25.0 Å². The Morgan fingerprint density at radius 2 is 2.21 bits per heavy atom. The van der Waals surface area contributed by atoms with Crippen molar-refractivity contribution in [1.29, 1.82) is 0 Å². The first-order valence-corrected chi connectivity index (χ1v) is 8.89. The van der Waals surface area contributed by atoms with Crippen molar-refractivity contribution in [2.45, 2.75) is 19.3 Å². The number of hydrogen-bond acceptors (Lipinski definition) is 5. The van der Waals surface area contributed by atoms with Gasteiger partial charge in [0, 0.05) is 31.1 Å². The number of anilines is 1. The third-order valence-corrected chi connectivity index (χ3v) is 4.62. The smallest absolute Gasteiger partial charge is 0.129 e. The maximum atomic E-state index is 5.97. The standard InChI is InChI=1S/C18H24ClN5/c19-18-5-4-16-17(23-18)10-14(13-22-16)15(11-20)12-21-6-3-9-24-7-1-2-8-24/h4-5,10-12,22H,1-3,6-9,13,20H2. The second-order valence-corrected chi connectivity index (χ2v) is 6.54. The van der Waals surface area contributed by atoms with Crippen LogP contribution in [0, 0.1) is 0 Å². The molecule has 3 N–H and O–H groups in total. The minimum Gasteiger partial charge on any atom is -0.404 e. The third kappa shape index (κ3) is 4.36. The summed E-state index contributed by atoms with van der Waals surface area (Å²) in [6, 6.07) is 3.73. The van der Waals surface area contributed by atoms with E-state index in [0.29, 0.717) is 11.7 Å². The van der Waals surface area contributed by atoms with Crippen molar-refractivity contribution in [3.63, 3.8) is 0 Å². The monoisotopic (exact) mass is 345 g/mol. The predicted molar refractivity (Wildman–Crippen MR) is 102 cm³/mol. The van der Waals surface area contributed by atoms with Gasteiger partial charge in [-0.05, 0) is 62.7 Å². The lowest BCUT2D eigenvalue weighted by molar-refractivity contribution is 0.336. The largest absolute Gasteiger partial charge is 0.404 e. The molecule has 1 saturated heterocycles. The van der Waals surface area contributed by atoms with Crippen LogP contribution in [0.25, 0.3) is 6.08 Å². The zero-order valence-corrected chi connectivity index (χ0v) is 14.6. The first-order valence-electron chi connectivity index (χ1n) is 8.52. The van der Waals surface area contributed by atoms with Gasteiger partial charge in [-0.15, -0.1) is 0 Å². The van der Waals surface area contributed by atoms with Crippen LogP contribution >= 0.6 is 11.6 Å². The summed E-state index contributed by atoms with van der Waals surface area (Å²) in [5.74, 6) is 0. The van der Waals surface area contributed by atoms with Crippen LogP contribution in [0.15, 0.2) is 34.5 Å². The van der Waals surface area contributed by atoms with E-state index in [2.05, 4.69) is 20.2 Å². The highest BCUT2D eigenvalue weighted by atomic mass is 35.5. The quantitative estimate of drug-likeness (QED) is 0.472. The molecule has 0 amide bonds. The fourth-order valence-corrected chi connectivity index (χ4v) is 3.24. The highest BCUT2D eigenvalue weighted by Gasteiger charge is 2.13. The first-order chi connectivity index (χ1) is 11.8. The average Bonchev–Trinajstić information content (AvgIpc) is 3.11. The van der Waals surface area contributed by atoms with E-state index >= 15 is 0 Å². The molecule has 0 atom stereocenters. The van der Waals surface area contributed by atoms with Gasteiger partial charge in [-0.1, -0.05) is 11.6 Å². The molecule has 1 fully saturated rings. The van der Waals surface area contributed by atoms with Gasteiger partial charge in [0.05, 0.1) is 11.4 Å². The number of aliphatic imine (C=N–C) groups is 1. The van der Waals surface area contributed by atoms with Crippen molar-refractivity contribution >= 4 is 29.6 Å². The molecule has 0 aromatic carbocycles. The summed E-state index contributed by atoms with van der Waals surface area (Å²) in [4.78, 5) is 11.4. The van der Waals surface area contributed by atoms with Gasteiger partial charge in [0.2, 0.25) is 0 Å². The van der Waals surface area contributed by atoms with Crippen LogP contribution < -0.4 is 11.1 Å². The second-order valence-electron chi connectivity index (χ2n) is 6.15. The number of aromatic nitrogens is 1. The highest BCUT2D eigenvalue weighted by Crippen LogP contribution is 2.26. The molecule has 0 aliphatic carbocycles. The van der Waals surface area contributed by atoms with Crippen molar-refractivity contribution in [3.05, 3.63) is 40.3 Å². The molecule has 24 heavy (non-hydrogen) atoms. The Morgan fingerprint density at radius 3 is 3.00 bits per heavy atom. The lowest BCUT2D eigenvalue weighted by atomic mass is 10.0. The Bertz CT molecular complexity index is 659. The van der Waals surface area contributed by atoms with E-state index in [0.717, 1.165) is 42.0 Å². The minimum absolute atomic E-state index is 0.488. The zero-order valence-electron chi connectivity index (χ0n) is 13.8. The Hall–Kier alpha value is -1.85. The molecule has 5 nitrogen and oxygen atoms in total. The molecule has 0 unspecified atom stereocenters. The molecule has 0 radical (unpaired) electrons. The first kappa shape index (κ1) is 17.0. The van der Waals surface area contributed by atoms with Crippen molar-refractivity contribution in [2.24, 2.45) is 10.7 Å². The second kappa shape index (κ2) is 8.31. The fraction of sp³-hybridized carbons (Fsp3) is 0.444. The van der Waals surface area contributed by atoms with E-state index in [1.165, 1.54) is 25.9 Å². The fourth-order valence-electron chi connectivity index (χ4n) is 3.09. The van der Waals surface area contributed by atoms with E-state index in [-0.39, 0.29) is 0 Å². The SMILES string of the molecule is NC=C(C=NCCCN1CCCC1)C1=Cc2nc(Cl)ccc2NC1. The summed E-state index contributed by atoms with van der Waals surface area (Å²) in [5, 5.41) is 3.83. The zero-order chi connectivity index (χ0) is 16.8. The molecule has 1 aromatic rings. The van der Waals surface area contributed by atoms with Gasteiger partial charge in [0.1, 0.15) is 5.15 Å². The number of halogens is 1. The molecule has 2 aliphatic heterocycles. The number of likely N-dealkylation sites (tertiary alicyclic amines) is 1. The molecule has 0 saturated carbocycles. The number of pyridine rings is 1. The normalized spacial score (nSPS) is 18.5. The van der Waals surface area contributed by atoms with Crippen molar-refractivity contribution in [1.82, 2.24) is 9.88 Å². The molecule has 3 heterocycles. The summed E-state index contributed by atoms with van der Waals surface area (Å²) in [5.41, 5.74) is 9.62. The molecule has 0 spiro atoms. The van der Waals surface area contributed by atoms with Gasteiger partial charge in [-0.25, -0.2) is 4.98 Å². The molecule has 2 aliphatic rings. The van der Waals surface area contributed by atoms with Crippen LogP contribution in [-0.2, 0) is 0 Å². The summed E-state index contributed by atoms with van der Waals surface area (Å²) >= 11 is 5.97. The van der Waals surface area contributed by atoms with E-state index in [1.54, 1.807) is 12.3 Å². The summed E-state index contributed by atoms with van der Waals surface area (Å²) in [7, 11) is 0. The third-order valence-electron chi connectivity index (χ3n) is 4.41. The number of fused-ring (bicyclic) bond motifs is 1. The number of nitrogens with two attached hydrogens (primary N) is 1. The molecule has 0 bridgehead atoms. The van der Waals surface area contributed by atoms with Gasteiger partial charge >= 0.3 is 0 Å². The molecule has 128 valence electrons. The van der Waals surface area contributed by atoms with E-state index in [1.807, 2.05) is 18.4 Å². The minimum atomic E-state index is 0.488. The molecule has 6 heteroatoms. The number of nitrogens with one attached hydrogen (secondary N) is 1. The maximum Gasteiger partial charge on any atom is 0.129 e. The summed E-state index contributed by atoms with van der Waals surface area (Å²) < 4.78 is 0. The molecular weight excluding hydrogens is 322 g/mol. The number of nitrogens with zero attached hydrogens (tertiary/aromatic N) is 3. The van der Waals surface area contributed by atoms with Gasteiger partial charge in [0.25, 0.3) is 0 Å². The van der Waals surface area contributed by atoms with Gasteiger partial charge < -0.3 is 16.0 Å². The van der Waals surface area contributed by atoms with Crippen molar-refractivity contribution < 1.29 is 0 Å². The Kier molecular flexibility index (Phi) is 5.88. The van der Waals surface area contributed by atoms with E-state index in [9.17, 15) is 0 Å². The Morgan fingerprint density at radius 1 is 1.38 bits per heavy atom. The van der Waals surface area contributed by atoms with Crippen LogP contribution in [-0.4, -0.2) is 48.8 Å². The van der Waals surface area contributed by atoms with Crippen LogP contribution in [0.2, 0.25) is 5.15 Å². The summed E-state index contributed by atoms with van der Waals surface area (Å²) in [6.07, 6.45) is 9.26. The topological polar surface area (TPSA) is 66.5 Å². The average molecular weight is 346 g/mol. The number of hydrogen-bond donors (Lipinski definition) is 2. The molecule has 3 rings (SSSR count). The maximum absolute atomic E-state index is 5.97. The van der Waals surface area contributed by atoms with Crippen LogP contribution in [0.4, 0.5) is 5.69 Å². The van der Waals surface area contributed by atoms with Crippen LogP contribution in [0.3, 0.4) is 0 Å². The predicted octanol–water partition coefficient (Wildman–Crippen LogP) is 2.94. The Labute approximate surface area is 148 Å². The lowest BCUT2D eigenvalue weighted by Crippen LogP contribution is -2.20. The van der Waals surface area contributed by atoms with Crippen molar-refractivity contribution in [2.75, 3.05) is 38.0 Å². The van der Waals surface area contributed by atoms with Crippen LogP contribution in [0.5, 0.6) is 0 Å². The lowest BCUT2D eigenvalue weighted by Gasteiger charge is -2.18. The van der Waals surface area contributed by atoms with E-state index < -0.39 is 0 Å². The highest BCUT2D eigenvalue weighted by molar-refractivity contribution is 6.29. The summed E-state index contributed by atoms with van der Waals surface area (Å²) in [6.45, 7) is 5.16. The van der Waals surface area contributed by atoms with Gasteiger partial charge in [-0.3, -0.25) is 4.99 Å². The van der Waals surface area contributed by atoms with Crippen molar-refractivity contribution in [3.8, 4) is 0 Å². The van der Waals surface area contributed by atoms with Gasteiger partial charge in [-0.2, -0.15) is 0 Å². The van der Waals surface area contributed by atoms with E-state index in [4.69, 9.17) is 17.3 Å².